The summed E-state index contributed by atoms with van der Waals surface area (Å²) in [6, 6.07) is 10.6. The molecule has 28 heavy (non-hydrogen) atoms. The van der Waals surface area contributed by atoms with Gasteiger partial charge in [-0.25, -0.2) is 8.78 Å². The van der Waals surface area contributed by atoms with E-state index in [0.717, 1.165) is 11.1 Å². The Bertz CT molecular complexity index is 824. The van der Waals surface area contributed by atoms with Gasteiger partial charge in [0.05, 0.1) is 5.56 Å². The van der Waals surface area contributed by atoms with Crippen LogP contribution in [0.1, 0.15) is 28.4 Å². The summed E-state index contributed by atoms with van der Waals surface area (Å²) in [7, 11) is 0. The summed E-state index contributed by atoms with van der Waals surface area (Å²) in [6.07, 6.45) is 0.701. The lowest BCUT2D eigenvalue weighted by Gasteiger charge is -2.12. The van der Waals surface area contributed by atoms with Gasteiger partial charge in [0.15, 0.2) is 5.96 Å². The number of nitrogens with one attached hydrogen (secondary N) is 3. The van der Waals surface area contributed by atoms with Crippen LogP contribution in [0.5, 0.6) is 0 Å². The Labute approximate surface area is 164 Å². The predicted octanol–water partition coefficient (Wildman–Crippen LogP) is 2.80. The van der Waals surface area contributed by atoms with E-state index in [1.165, 1.54) is 24.3 Å². The van der Waals surface area contributed by atoms with E-state index in [2.05, 4.69) is 20.9 Å². The van der Waals surface area contributed by atoms with Crippen molar-refractivity contribution in [3.8, 4) is 0 Å². The zero-order valence-electron chi connectivity index (χ0n) is 16.2. The number of guanidine groups is 1. The molecule has 1 amide bonds. The number of benzene rings is 2. The van der Waals surface area contributed by atoms with Crippen molar-refractivity contribution in [2.24, 2.45) is 4.99 Å². The summed E-state index contributed by atoms with van der Waals surface area (Å²) in [5.74, 6) is -0.604. The summed E-state index contributed by atoms with van der Waals surface area (Å²) >= 11 is 0. The van der Waals surface area contributed by atoms with E-state index >= 15 is 0 Å². The van der Waals surface area contributed by atoms with E-state index in [1.54, 1.807) is 18.2 Å². The lowest BCUT2D eigenvalue weighted by Crippen LogP contribution is -2.41. The molecule has 2 aromatic carbocycles. The number of aryl methyl sites for hydroxylation is 1. The van der Waals surface area contributed by atoms with Gasteiger partial charge in [0.1, 0.15) is 11.6 Å². The normalized spacial score (nSPS) is 11.2. The zero-order valence-corrected chi connectivity index (χ0v) is 16.2. The molecule has 0 saturated carbocycles. The quantitative estimate of drug-likeness (QED) is 0.370. The number of halogens is 2. The molecule has 2 aromatic rings. The van der Waals surface area contributed by atoms with Gasteiger partial charge >= 0.3 is 0 Å². The second-order valence-corrected chi connectivity index (χ2v) is 6.24. The average Bonchev–Trinajstić information content (AvgIpc) is 2.67. The first-order valence-corrected chi connectivity index (χ1v) is 9.31. The molecule has 0 fully saturated rings. The third kappa shape index (κ3) is 6.64. The molecule has 0 atom stereocenters. The highest BCUT2D eigenvalue weighted by atomic mass is 19.1. The van der Waals surface area contributed by atoms with Crippen LogP contribution in [0.3, 0.4) is 0 Å². The Kier molecular flexibility index (Phi) is 8.39. The summed E-state index contributed by atoms with van der Waals surface area (Å²) in [5.41, 5.74) is 1.99. The highest BCUT2D eigenvalue weighted by Gasteiger charge is 2.09. The Morgan fingerprint density at radius 1 is 1.04 bits per heavy atom. The van der Waals surface area contributed by atoms with Crippen LogP contribution in [0.2, 0.25) is 0 Å². The van der Waals surface area contributed by atoms with Crippen molar-refractivity contribution < 1.29 is 13.6 Å². The van der Waals surface area contributed by atoms with Gasteiger partial charge < -0.3 is 16.0 Å². The van der Waals surface area contributed by atoms with Gasteiger partial charge in [0, 0.05) is 26.2 Å². The lowest BCUT2D eigenvalue weighted by atomic mass is 10.1. The molecule has 0 aliphatic rings. The molecular formula is C21H26F2N4O. The molecule has 0 spiro atoms. The van der Waals surface area contributed by atoms with Gasteiger partial charge in [0.25, 0.3) is 5.91 Å². The largest absolute Gasteiger partial charge is 0.357 e. The van der Waals surface area contributed by atoms with Crippen LogP contribution in [-0.4, -0.2) is 38.0 Å². The molecule has 0 heterocycles. The zero-order chi connectivity index (χ0) is 20.4. The van der Waals surface area contributed by atoms with Gasteiger partial charge in [-0.3, -0.25) is 9.79 Å². The number of nitrogens with zero attached hydrogens (tertiary/aromatic N) is 1. The fourth-order valence-electron chi connectivity index (χ4n) is 2.67. The molecule has 7 heteroatoms. The molecule has 0 unspecified atom stereocenters. The second kappa shape index (κ2) is 11.0. The van der Waals surface area contributed by atoms with Crippen molar-refractivity contribution in [1.29, 1.82) is 0 Å². The predicted molar refractivity (Wildman–Crippen MR) is 108 cm³/mol. The maximum atomic E-state index is 13.6. The van der Waals surface area contributed by atoms with Gasteiger partial charge in [-0.15, -0.1) is 0 Å². The van der Waals surface area contributed by atoms with E-state index < -0.39 is 11.7 Å². The van der Waals surface area contributed by atoms with Crippen LogP contribution in [-0.2, 0) is 6.42 Å². The van der Waals surface area contributed by atoms with Gasteiger partial charge in [-0.1, -0.05) is 18.2 Å². The molecule has 0 saturated heterocycles. The number of hydrogen-bond acceptors (Lipinski definition) is 2. The molecule has 3 N–H and O–H groups in total. The molecule has 0 bridgehead atoms. The van der Waals surface area contributed by atoms with Gasteiger partial charge in [-0.2, -0.15) is 0 Å². The SMILES string of the molecule is CCNC(=NCCc1ccc(F)cc1C)NCCNC(=O)c1ccccc1F. The van der Waals surface area contributed by atoms with Gasteiger partial charge in [0.2, 0.25) is 0 Å². The Morgan fingerprint density at radius 2 is 1.79 bits per heavy atom. The third-order valence-corrected chi connectivity index (χ3v) is 4.12. The lowest BCUT2D eigenvalue weighted by molar-refractivity contribution is 0.0950. The van der Waals surface area contributed by atoms with Crippen LogP contribution < -0.4 is 16.0 Å². The minimum absolute atomic E-state index is 0.0257. The van der Waals surface area contributed by atoms with E-state index in [0.29, 0.717) is 38.6 Å². The molecule has 150 valence electrons. The van der Waals surface area contributed by atoms with E-state index in [-0.39, 0.29) is 11.4 Å². The maximum Gasteiger partial charge on any atom is 0.254 e. The standard InChI is InChI=1S/C21H26F2N4O/c1-3-24-21(26-11-10-16-8-9-17(22)14-15(16)2)27-13-12-25-20(28)18-6-4-5-7-19(18)23/h4-9,14H,3,10-13H2,1-2H3,(H,25,28)(H2,24,26,27). The number of carbonyl (C=O) groups is 1. The van der Waals surface area contributed by atoms with Crippen LogP contribution in [0.25, 0.3) is 0 Å². The maximum absolute atomic E-state index is 13.6. The fourth-order valence-corrected chi connectivity index (χ4v) is 2.67. The molecule has 0 radical (unpaired) electrons. The highest BCUT2D eigenvalue weighted by molar-refractivity contribution is 5.94. The summed E-state index contributed by atoms with van der Waals surface area (Å²) < 4.78 is 26.7. The second-order valence-electron chi connectivity index (χ2n) is 6.24. The van der Waals surface area contributed by atoms with Crippen molar-refractivity contribution in [2.45, 2.75) is 20.3 Å². The first-order chi connectivity index (χ1) is 13.5. The van der Waals surface area contributed by atoms with Crippen LogP contribution >= 0.6 is 0 Å². The minimum Gasteiger partial charge on any atom is -0.357 e. The average molecular weight is 388 g/mol. The van der Waals surface area contributed by atoms with Crippen LogP contribution in [0, 0.1) is 18.6 Å². The smallest absolute Gasteiger partial charge is 0.254 e. The monoisotopic (exact) mass is 388 g/mol. The van der Waals surface area contributed by atoms with Crippen molar-refractivity contribution in [1.82, 2.24) is 16.0 Å². The van der Waals surface area contributed by atoms with Crippen LogP contribution in [0.15, 0.2) is 47.5 Å². The number of rotatable bonds is 8. The fraction of sp³-hybridized carbons (Fsp3) is 0.333. The van der Waals surface area contributed by atoms with Gasteiger partial charge in [-0.05, 0) is 55.7 Å². The summed E-state index contributed by atoms with van der Waals surface area (Å²) in [4.78, 5) is 16.5. The Morgan fingerprint density at radius 3 is 2.50 bits per heavy atom. The van der Waals surface area contributed by atoms with Crippen molar-refractivity contribution in [2.75, 3.05) is 26.2 Å². The number of carbonyl (C=O) groups excluding carboxylic acids is 1. The number of aliphatic imine (C=N–C) groups is 1. The first kappa shape index (κ1) is 21.3. The highest BCUT2D eigenvalue weighted by Crippen LogP contribution is 2.10. The number of hydrogen-bond donors (Lipinski definition) is 3. The summed E-state index contributed by atoms with van der Waals surface area (Å²) in [5, 5.41) is 8.92. The topological polar surface area (TPSA) is 65.5 Å². The van der Waals surface area contributed by atoms with Crippen molar-refractivity contribution in [3.63, 3.8) is 0 Å². The minimum atomic E-state index is -0.543. The van der Waals surface area contributed by atoms with E-state index in [1.807, 2.05) is 13.8 Å². The van der Waals surface area contributed by atoms with E-state index in [9.17, 15) is 13.6 Å². The van der Waals surface area contributed by atoms with Crippen molar-refractivity contribution in [3.05, 3.63) is 70.8 Å². The Hall–Kier alpha value is -2.96. The molecule has 5 nitrogen and oxygen atoms in total. The Balaban J connectivity index is 1.79. The molecule has 2 rings (SSSR count). The van der Waals surface area contributed by atoms with Crippen LogP contribution in [0.4, 0.5) is 8.78 Å². The summed E-state index contributed by atoms with van der Waals surface area (Å²) in [6.45, 7) is 5.85. The molecule has 0 aliphatic heterocycles. The third-order valence-electron chi connectivity index (χ3n) is 4.12. The molecular weight excluding hydrogens is 362 g/mol. The molecule has 0 aromatic heterocycles. The van der Waals surface area contributed by atoms with Crippen molar-refractivity contribution >= 4 is 11.9 Å². The van der Waals surface area contributed by atoms with E-state index in [4.69, 9.17) is 0 Å². The number of amides is 1. The molecule has 0 aliphatic carbocycles. The first-order valence-electron chi connectivity index (χ1n) is 9.31.